The highest BCUT2D eigenvalue weighted by molar-refractivity contribution is 5.95. The summed E-state index contributed by atoms with van der Waals surface area (Å²) in [4.78, 5) is 55.8. The number of ether oxygens (including phenoxy) is 1. The standard InChI is InChI=1S/C29H22F3N5O6/c30-16-2-4-22(20(31)10-16)37-12-19(28(40)41)24(38)18-11-21(32)27(34-26(18)37)35-7-5-14-1-3-17(9-15(14)6-8-35)36-13-23(25(33)39)43-29(36)42/h1-4,9-12,23H,5-8,13H2,(H2,33,39)(H,40,41). The van der Waals surface area contributed by atoms with Gasteiger partial charge in [0.25, 0.3) is 5.91 Å². The Hall–Kier alpha value is -5.40. The smallest absolute Gasteiger partial charge is 0.415 e. The summed E-state index contributed by atoms with van der Waals surface area (Å²) >= 11 is 0. The number of amides is 2. The zero-order chi connectivity index (χ0) is 30.6. The van der Waals surface area contributed by atoms with E-state index in [0.717, 1.165) is 40.1 Å². The van der Waals surface area contributed by atoms with E-state index in [2.05, 4.69) is 4.98 Å². The third-order valence-corrected chi connectivity index (χ3v) is 7.55. The van der Waals surface area contributed by atoms with Crippen molar-refractivity contribution in [2.45, 2.75) is 18.9 Å². The quantitative estimate of drug-likeness (QED) is 0.359. The maximum Gasteiger partial charge on any atom is 0.415 e. The van der Waals surface area contributed by atoms with Crippen LogP contribution in [-0.4, -0.2) is 58.4 Å². The van der Waals surface area contributed by atoms with Gasteiger partial charge in [-0.2, -0.15) is 0 Å². The van der Waals surface area contributed by atoms with Crippen molar-refractivity contribution in [3.05, 3.63) is 93.0 Å². The predicted molar refractivity (Wildman–Crippen MR) is 147 cm³/mol. The fourth-order valence-electron chi connectivity index (χ4n) is 5.36. The number of carboxylic acids is 1. The average Bonchev–Trinajstić information content (AvgIpc) is 3.23. The second kappa shape index (κ2) is 10.5. The molecule has 1 atom stereocenters. The summed E-state index contributed by atoms with van der Waals surface area (Å²) in [5.74, 6) is -5.30. The number of nitrogens with two attached hydrogens (primary N) is 1. The predicted octanol–water partition coefficient (Wildman–Crippen LogP) is 2.92. The minimum absolute atomic E-state index is 0.0226. The first-order valence-electron chi connectivity index (χ1n) is 13.1. The van der Waals surface area contributed by atoms with Crippen LogP contribution >= 0.6 is 0 Å². The Morgan fingerprint density at radius 1 is 0.977 bits per heavy atom. The Morgan fingerprint density at radius 3 is 2.40 bits per heavy atom. The van der Waals surface area contributed by atoms with Crippen LogP contribution in [0.25, 0.3) is 16.7 Å². The molecule has 1 unspecified atom stereocenters. The zero-order valence-corrected chi connectivity index (χ0v) is 22.2. The molecule has 2 aliphatic rings. The van der Waals surface area contributed by atoms with Gasteiger partial charge in [0, 0.05) is 31.0 Å². The van der Waals surface area contributed by atoms with E-state index in [1.165, 1.54) is 4.90 Å². The van der Waals surface area contributed by atoms with Crippen LogP contribution in [0.1, 0.15) is 21.5 Å². The third-order valence-electron chi connectivity index (χ3n) is 7.55. The van der Waals surface area contributed by atoms with Crippen molar-refractivity contribution in [3.8, 4) is 5.69 Å². The number of anilines is 2. The molecule has 220 valence electrons. The lowest BCUT2D eigenvalue weighted by molar-refractivity contribution is -0.124. The van der Waals surface area contributed by atoms with E-state index in [1.807, 2.05) is 6.07 Å². The lowest BCUT2D eigenvalue weighted by Gasteiger charge is -2.23. The molecular formula is C29H22F3N5O6. The fraction of sp³-hybridized carbons (Fsp3) is 0.207. The minimum Gasteiger partial charge on any atom is -0.477 e. The van der Waals surface area contributed by atoms with Gasteiger partial charge in [-0.3, -0.25) is 19.1 Å². The summed E-state index contributed by atoms with van der Waals surface area (Å²) in [6.07, 6.45) is -0.0149. The Balaban J connectivity index is 1.37. The van der Waals surface area contributed by atoms with Crippen LogP contribution in [0.3, 0.4) is 0 Å². The van der Waals surface area contributed by atoms with Crippen LogP contribution in [0.5, 0.6) is 0 Å². The molecule has 0 saturated carbocycles. The molecule has 0 bridgehead atoms. The van der Waals surface area contributed by atoms with Gasteiger partial charge in [0.05, 0.1) is 17.6 Å². The number of carbonyl (C=O) groups excluding carboxylic acids is 2. The van der Waals surface area contributed by atoms with Gasteiger partial charge in [0.2, 0.25) is 5.43 Å². The van der Waals surface area contributed by atoms with Crippen molar-refractivity contribution in [1.82, 2.24) is 9.55 Å². The molecule has 4 heterocycles. The number of fused-ring (bicyclic) bond motifs is 2. The van der Waals surface area contributed by atoms with Crippen LogP contribution in [0.4, 0.5) is 29.5 Å². The zero-order valence-electron chi connectivity index (χ0n) is 22.2. The first-order chi connectivity index (χ1) is 20.5. The maximum atomic E-state index is 15.5. The van der Waals surface area contributed by atoms with Gasteiger partial charge < -0.3 is 20.5 Å². The number of aromatic carboxylic acids is 1. The van der Waals surface area contributed by atoms with Gasteiger partial charge in [-0.05, 0) is 54.3 Å². The first-order valence-corrected chi connectivity index (χ1v) is 13.1. The van der Waals surface area contributed by atoms with Crippen molar-refractivity contribution >= 4 is 40.5 Å². The molecule has 6 rings (SSSR count). The van der Waals surface area contributed by atoms with E-state index in [-0.39, 0.29) is 35.6 Å². The molecule has 0 radical (unpaired) electrons. The Kier molecular flexibility index (Phi) is 6.75. The van der Waals surface area contributed by atoms with E-state index in [9.17, 15) is 33.1 Å². The van der Waals surface area contributed by atoms with Gasteiger partial charge in [-0.1, -0.05) is 6.07 Å². The largest absolute Gasteiger partial charge is 0.477 e. The second-order valence-corrected chi connectivity index (χ2v) is 10.1. The molecule has 11 nitrogen and oxygen atoms in total. The normalized spacial score (nSPS) is 16.6. The molecule has 2 aromatic heterocycles. The SMILES string of the molecule is NC(=O)C1CN(c2ccc3c(c2)CCN(c2nc4c(cc2F)c(=O)c(C(=O)O)cn4-c2ccc(F)cc2F)CC3)C(=O)O1. The number of cyclic esters (lactones) is 1. The van der Waals surface area contributed by atoms with Crippen LogP contribution < -0.4 is 21.0 Å². The highest BCUT2D eigenvalue weighted by Crippen LogP contribution is 2.30. The summed E-state index contributed by atoms with van der Waals surface area (Å²) < 4.78 is 50.0. The Morgan fingerprint density at radius 2 is 1.72 bits per heavy atom. The van der Waals surface area contributed by atoms with Crippen molar-refractivity contribution in [1.29, 1.82) is 0 Å². The number of benzene rings is 2. The van der Waals surface area contributed by atoms with Crippen molar-refractivity contribution in [2.75, 3.05) is 29.4 Å². The first kappa shape index (κ1) is 27.8. The summed E-state index contributed by atoms with van der Waals surface area (Å²) in [6, 6.07) is 8.82. The molecule has 2 amide bonds. The highest BCUT2D eigenvalue weighted by Gasteiger charge is 2.36. The number of pyridine rings is 2. The van der Waals surface area contributed by atoms with E-state index in [4.69, 9.17) is 10.5 Å². The van der Waals surface area contributed by atoms with Crippen LogP contribution in [0.15, 0.2) is 53.5 Å². The molecule has 3 N–H and O–H groups in total. The summed E-state index contributed by atoms with van der Waals surface area (Å²) in [6.45, 7) is 0.549. The van der Waals surface area contributed by atoms with Gasteiger partial charge in [-0.15, -0.1) is 0 Å². The lowest BCUT2D eigenvalue weighted by Crippen LogP contribution is -2.32. The highest BCUT2D eigenvalue weighted by atomic mass is 19.1. The number of hydrogen-bond donors (Lipinski definition) is 2. The van der Waals surface area contributed by atoms with E-state index in [1.54, 1.807) is 17.0 Å². The molecular weight excluding hydrogens is 571 g/mol. The maximum absolute atomic E-state index is 15.5. The molecule has 1 saturated heterocycles. The summed E-state index contributed by atoms with van der Waals surface area (Å²) in [5.41, 5.74) is 5.34. The number of halogens is 3. The number of nitrogens with zero attached hydrogens (tertiary/aromatic N) is 4. The van der Waals surface area contributed by atoms with Crippen LogP contribution in [-0.2, 0) is 22.4 Å². The van der Waals surface area contributed by atoms with E-state index in [0.29, 0.717) is 31.1 Å². The molecule has 2 aromatic carbocycles. The fourth-order valence-corrected chi connectivity index (χ4v) is 5.36. The molecule has 0 aliphatic carbocycles. The topological polar surface area (TPSA) is 148 Å². The molecule has 43 heavy (non-hydrogen) atoms. The second-order valence-electron chi connectivity index (χ2n) is 10.1. The lowest BCUT2D eigenvalue weighted by atomic mass is 10.0. The van der Waals surface area contributed by atoms with Crippen LogP contribution in [0, 0.1) is 17.5 Å². The van der Waals surface area contributed by atoms with Gasteiger partial charge in [0.1, 0.15) is 17.2 Å². The monoisotopic (exact) mass is 593 g/mol. The minimum atomic E-state index is -1.61. The van der Waals surface area contributed by atoms with Gasteiger partial charge in [-0.25, -0.2) is 27.7 Å². The average molecular weight is 594 g/mol. The van der Waals surface area contributed by atoms with Crippen molar-refractivity contribution in [3.63, 3.8) is 0 Å². The molecule has 0 spiro atoms. The number of carbonyl (C=O) groups is 3. The Bertz CT molecular complexity index is 1910. The van der Waals surface area contributed by atoms with Crippen molar-refractivity contribution < 1.29 is 37.4 Å². The van der Waals surface area contributed by atoms with Crippen molar-refractivity contribution in [2.24, 2.45) is 5.73 Å². The Labute approximate surface area is 240 Å². The third kappa shape index (κ3) is 4.90. The number of hydrogen-bond acceptors (Lipinski definition) is 7. The molecule has 14 heteroatoms. The molecule has 2 aliphatic heterocycles. The summed E-state index contributed by atoms with van der Waals surface area (Å²) in [7, 11) is 0. The number of rotatable bonds is 5. The van der Waals surface area contributed by atoms with Crippen LogP contribution in [0.2, 0.25) is 0 Å². The summed E-state index contributed by atoms with van der Waals surface area (Å²) in [5, 5.41) is 9.17. The van der Waals surface area contributed by atoms with E-state index >= 15 is 4.39 Å². The van der Waals surface area contributed by atoms with E-state index < -0.39 is 52.5 Å². The number of primary amides is 1. The van der Waals surface area contributed by atoms with Gasteiger partial charge >= 0.3 is 12.1 Å². The number of carboxylic acid groups (broad SMARTS) is 1. The molecule has 1 fully saturated rings. The number of aromatic nitrogens is 2. The van der Waals surface area contributed by atoms with Gasteiger partial charge in [0.15, 0.2) is 23.4 Å². The molecule has 4 aromatic rings.